The van der Waals surface area contributed by atoms with Crippen LogP contribution >= 0.6 is 0 Å². The fourth-order valence-electron chi connectivity index (χ4n) is 4.45. The van der Waals surface area contributed by atoms with Gasteiger partial charge in [-0.1, -0.05) is 24.3 Å². The fraction of sp³-hybridized carbons (Fsp3) is 0.304. The number of rotatable bonds is 3. The summed E-state index contributed by atoms with van der Waals surface area (Å²) in [5, 5.41) is 14.3. The lowest BCUT2D eigenvalue weighted by molar-refractivity contribution is 0.0600. The summed E-state index contributed by atoms with van der Waals surface area (Å²) >= 11 is 0. The van der Waals surface area contributed by atoms with E-state index in [1.54, 1.807) is 12.4 Å². The number of hydrogen-bond acceptors (Lipinski definition) is 6. The van der Waals surface area contributed by atoms with Gasteiger partial charge in [0.1, 0.15) is 17.1 Å². The number of β-amino-alcohol motifs (C(OH)–C–C–N with tert-alkyl or cyclic N) is 1. The molecule has 1 saturated heterocycles. The van der Waals surface area contributed by atoms with Crippen LogP contribution in [0.1, 0.15) is 33.6 Å². The molecule has 1 aromatic carbocycles. The standard InChI is InChI=1S/C23H23N5O2/c1-15-5-2-3-7-18(15)23(30)9-12-28(14-23)21-17-8-11-25-22(29)19(17)26-20(27-21)16-6-4-10-24-13-16/h2-7,10,13,30H,8-9,11-12,14H2,1H3,(H,25,29). The van der Waals surface area contributed by atoms with Crippen molar-refractivity contribution in [2.75, 3.05) is 24.5 Å². The molecular weight excluding hydrogens is 378 g/mol. The number of benzene rings is 1. The van der Waals surface area contributed by atoms with Gasteiger partial charge in [0.05, 0.1) is 6.54 Å². The second-order valence-electron chi connectivity index (χ2n) is 7.96. The van der Waals surface area contributed by atoms with Crippen LogP contribution in [0, 0.1) is 6.92 Å². The SMILES string of the molecule is Cc1ccccc1C1(O)CCN(c2nc(-c3cccnc3)nc3c2CCNC3=O)C1. The Morgan fingerprint density at radius 1 is 1.17 bits per heavy atom. The van der Waals surface area contributed by atoms with Crippen molar-refractivity contribution < 1.29 is 9.90 Å². The van der Waals surface area contributed by atoms with E-state index >= 15 is 0 Å². The van der Waals surface area contributed by atoms with Gasteiger partial charge in [-0.25, -0.2) is 9.97 Å². The van der Waals surface area contributed by atoms with Crippen LogP contribution in [0.15, 0.2) is 48.8 Å². The summed E-state index contributed by atoms with van der Waals surface area (Å²) in [6, 6.07) is 11.7. The van der Waals surface area contributed by atoms with Crippen LogP contribution in [0.2, 0.25) is 0 Å². The number of amides is 1. The minimum absolute atomic E-state index is 0.182. The summed E-state index contributed by atoms with van der Waals surface area (Å²) in [5.41, 5.74) is 3.09. The van der Waals surface area contributed by atoms with Crippen molar-refractivity contribution in [1.82, 2.24) is 20.3 Å². The van der Waals surface area contributed by atoms with E-state index < -0.39 is 5.60 Å². The first-order chi connectivity index (χ1) is 14.5. The maximum Gasteiger partial charge on any atom is 0.270 e. The van der Waals surface area contributed by atoms with Crippen LogP contribution in [0.5, 0.6) is 0 Å². The molecule has 0 spiro atoms. The molecule has 2 aliphatic heterocycles. The topological polar surface area (TPSA) is 91.2 Å². The van der Waals surface area contributed by atoms with Gasteiger partial charge in [-0.05, 0) is 43.0 Å². The number of carbonyl (C=O) groups excluding carboxylic acids is 1. The number of nitrogens with one attached hydrogen (secondary N) is 1. The second kappa shape index (κ2) is 7.18. The molecule has 2 N–H and O–H groups in total. The first-order valence-electron chi connectivity index (χ1n) is 10.2. The summed E-state index contributed by atoms with van der Waals surface area (Å²) in [6.07, 6.45) is 4.66. The maximum absolute atomic E-state index is 12.5. The number of hydrogen-bond donors (Lipinski definition) is 2. The van der Waals surface area contributed by atoms with Crippen molar-refractivity contribution in [3.63, 3.8) is 0 Å². The zero-order chi connectivity index (χ0) is 20.7. The molecule has 1 fully saturated rings. The Morgan fingerprint density at radius 3 is 2.83 bits per heavy atom. The Kier molecular flexibility index (Phi) is 4.47. The van der Waals surface area contributed by atoms with E-state index in [0.29, 0.717) is 44.0 Å². The molecule has 152 valence electrons. The lowest BCUT2D eigenvalue weighted by Crippen LogP contribution is -2.36. The number of anilines is 1. The summed E-state index contributed by atoms with van der Waals surface area (Å²) in [6.45, 7) is 3.66. The molecule has 0 bridgehead atoms. The van der Waals surface area contributed by atoms with E-state index in [2.05, 4.69) is 20.2 Å². The van der Waals surface area contributed by atoms with E-state index in [1.807, 2.05) is 43.3 Å². The summed E-state index contributed by atoms with van der Waals surface area (Å²) in [5.74, 6) is 1.02. The van der Waals surface area contributed by atoms with Crippen LogP contribution in [-0.4, -0.2) is 45.6 Å². The van der Waals surface area contributed by atoms with Crippen molar-refractivity contribution in [1.29, 1.82) is 0 Å². The normalized spacial score (nSPS) is 20.7. The summed E-state index contributed by atoms with van der Waals surface area (Å²) < 4.78 is 0. The molecule has 1 amide bonds. The number of aliphatic hydroxyl groups is 1. The Hall–Kier alpha value is -3.32. The van der Waals surface area contributed by atoms with Crippen molar-refractivity contribution in [3.05, 3.63) is 71.2 Å². The smallest absolute Gasteiger partial charge is 0.270 e. The van der Waals surface area contributed by atoms with E-state index in [9.17, 15) is 9.90 Å². The zero-order valence-electron chi connectivity index (χ0n) is 16.8. The van der Waals surface area contributed by atoms with Gasteiger partial charge in [0.15, 0.2) is 5.82 Å². The molecule has 2 aromatic heterocycles. The van der Waals surface area contributed by atoms with E-state index in [1.165, 1.54) is 0 Å². The third-order valence-corrected chi connectivity index (χ3v) is 5.97. The van der Waals surface area contributed by atoms with Crippen LogP contribution in [-0.2, 0) is 12.0 Å². The first-order valence-corrected chi connectivity index (χ1v) is 10.2. The minimum atomic E-state index is -0.950. The molecule has 5 rings (SSSR count). The van der Waals surface area contributed by atoms with Gasteiger partial charge in [0.2, 0.25) is 0 Å². The monoisotopic (exact) mass is 401 g/mol. The molecule has 1 atom stereocenters. The maximum atomic E-state index is 12.5. The van der Waals surface area contributed by atoms with Crippen LogP contribution in [0.25, 0.3) is 11.4 Å². The number of aromatic nitrogens is 3. The molecule has 1 unspecified atom stereocenters. The van der Waals surface area contributed by atoms with Gasteiger partial charge in [-0.3, -0.25) is 9.78 Å². The highest BCUT2D eigenvalue weighted by molar-refractivity contribution is 5.96. The third kappa shape index (κ3) is 3.11. The molecule has 2 aliphatic rings. The van der Waals surface area contributed by atoms with E-state index in [-0.39, 0.29) is 5.91 Å². The summed E-state index contributed by atoms with van der Waals surface area (Å²) in [7, 11) is 0. The average molecular weight is 401 g/mol. The molecule has 30 heavy (non-hydrogen) atoms. The van der Waals surface area contributed by atoms with Gasteiger partial charge < -0.3 is 15.3 Å². The average Bonchev–Trinajstić information content (AvgIpc) is 3.17. The Labute approximate surface area is 174 Å². The highest BCUT2D eigenvalue weighted by Gasteiger charge is 2.40. The van der Waals surface area contributed by atoms with Crippen molar-refractivity contribution in [2.45, 2.75) is 25.4 Å². The van der Waals surface area contributed by atoms with Gasteiger partial charge >= 0.3 is 0 Å². The van der Waals surface area contributed by atoms with Gasteiger partial charge in [0.25, 0.3) is 5.91 Å². The molecule has 4 heterocycles. The largest absolute Gasteiger partial charge is 0.383 e. The van der Waals surface area contributed by atoms with E-state index in [0.717, 1.165) is 28.1 Å². The molecule has 0 saturated carbocycles. The zero-order valence-corrected chi connectivity index (χ0v) is 16.8. The predicted molar refractivity (Wildman–Crippen MR) is 113 cm³/mol. The predicted octanol–water partition coefficient (Wildman–Crippen LogP) is 2.23. The minimum Gasteiger partial charge on any atom is -0.383 e. The number of carbonyl (C=O) groups is 1. The highest BCUT2D eigenvalue weighted by atomic mass is 16.3. The molecule has 0 radical (unpaired) electrons. The quantitative estimate of drug-likeness (QED) is 0.699. The van der Waals surface area contributed by atoms with Crippen molar-refractivity contribution in [2.24, 2.45) is 0 Å². The van der Waals surface area contributed by atoms with Crippen LogP contribution in [0.3, 0.4) is 0 Å². The molecule has 0 aliphatic carbocycles. The molecule has 3 aromatic rings. The molecule has 7 heteroatoms. The first kappa shape index (κ1) is 18.7. The fourth-order valence-corrected chi connectivity index (χ4v) is 4.45. The number of nitrogens with zero attached hydrogens (tertiary/aromatic N) is 4. The van der Waals surface area contributed by atoms with Crippen molar-refractivity contribution in [3.8, 4) is 11.4 Å². The lowest BCUT2D eigenvalue weighted by Gasteiger charge is -2.28. The van der Waals surface area contributed by atoms with Gasteiger partial charge in [-0.2, -0.15) is 0 Å². The highest BCUT2D eigenvalue weighted by Crippen LogP contribution is 2.38. The number of fused-ring (bicyclic) bond motifs is 1. The number of aryl methyl sites for hydroxylation is 1. The molecule has 7 nitrogen and oxygen atoms in total. The number of pyridine rings is 1. The van der Waals surface area contributed by atoms with Crippen LogP contribution in [0.4, 0.5) is 5.82 Å². The Morgan fingerprint density at radius 2 is 2.03 bits per heavy atom. The second-order valence-corrected chi connectivity index (χ2v) is 7.96. The Bertz CT molecular complexity index is 1120. The Balaban J connectivity index is 1.58. The van der Waals surface area contributed by atoms with Gasteiger partial charge in [-0.15, -0.1) is 0 Å². The lowest BCUT2D eigenvalue weighted by atomic mass is 9.89. The van der Waals surface area contributed by atoms with Crippen molar-refractivity contribution >= 4 is 11.7 Å². The van der Waals surface area contributed by atoms with Gasteiger partial charge in [0, 0.05) is 36.6 Å². The summed E-state index contributed by atoms with van der Waals surface area (Å²) in [4.78, 5) is 28.2. The molecular formula is C23H23N5O2. The van der Waals surface area contributed by atoms with E-state index in [4.69, 9.17) is 4.98 Å². The van der Waals surface area contributed by atoms with Crippen LogP contribution < -0.4 is 10.2 Å². The third-order valence-electron chi connectivity index (χ3n) is 5.97.